The van der Waals surface area contributed by atoms with E-state index in [0.717, 1.165) is 0 Å². The van der Waals surface area contributed by atoms with Crippen molar-refractivity contribution in [2.45, 2.75) is 11.6 Å². The molecule has 2 unspecified atom stereocenters. The minimum atomic E-state index is -3.51. The molecule has 9 heteroatoms. The van der Waals surface area contributed by atoms with Crippen LogP contribution in [0.15, 0.2) is 18.7 Å². The van der Waals surface area contributed by atoms with E-state index in [9.17, 15) is 14.2 Å². The zero-order valence-electron chi connectivity index (χ0n) is 6.99. The highest BCUT2D eigenvalue weighted by molar-refractivity contribution is 7.59. The molecule has 0 spiro atoms. The minimum Gasteiger partial charge on any atom is -0.370 e. The van der Waals surface area contributed by atoms with E-state index in [0.29, 0.717) is 0 Å². The van der Waals surface area contributed by atoms with Crippen molar-refractivity contribution >= 4 is 16.1 Å². The summed E-state index contributed by atoms with van der Waals surface area (Å²) in [4.78, 5) is 21.2. The van der Waals surface area contributed by atoms with Crippen LogP contribution in [-0.4, -0.2) is 29.5 Å². The second kappa shape index (κ2) is 4.38. The molecule has 80 valence electrons. The summed E-state index contributed by atoms with van der Waals surface area (Å²) in [7, 11) is -7.01. The van der Waals surface area contributed by atoms with Gasteiger partial charge in [-0.3, -0.25) is 9.13 Å². The molecule has 0 aliphatic heterocycles. The molecule has 1 aromatic rings. The molecule has 0 bridgehead atoms. The van der Waals surface area contributed by atoms with E-state index in [4.69, 9.17) is 9.79 Å². The summed E-state index contributed by atoms with van der Waals surface area (Å²) in [5.74, 6) is 0. The van der Waals surface area contributed by atoms with Crippen LogP contribution in [0.3, 0.4) is 0 Å². The van der Waals surface area contributed by atoms with E-state index >= 15 is 0 Å². The maximum absolute atomic E-state index is 10.8. The van der Waals surface area contributed by atoms with Gasteiger partial charge in [0.2, 0.25) is 21.1 Å². The molecule has 0 aliphatic carbocycles. The first-order valence-electron chi connectivity index (χ1n) is 3.61. The molecule has 0 aromatic carbocycles. The molecule has 0 fully saturated rings. The van der Waals surface area contributed by atoms with Crippen LogP contribution >= 0.6 is 16.1 Å². The molecule has 7 nitrogen and oxygen atoms in total. The number of hydrogen-bond acceptors (Lipinski definition) is 4. The maximum atomic E-state index is 10.8. The molecule has 2 atom stereocenters. The zero-order chi connectivity index (χ0) is 10.8. The van der Waals surface area contributed by atoms with Crippen LogP contribution in [0.2, 0.25) is 0 Å². The molecule has 1 rings (SSSR count). The maximum Gasteiger partial charge on any atom is 0.231 e. The van der Waals surface area contributed by atoms with Crippen molar-refractivity contribution in [1.82, 2.24) is 9.55 Å². The van der Waals surface area contributed by atoms with Gasteiger partial charge in [0.1, 0.15) is 0 Å². The molecular weight excluding hydrogens is 230 g/mol. The number of imidazole rings is 1. The van der Waals surface area contributed by atoms with Gasteiger partial charge in [0.15, 0.2) is 0 Å². The van der Waals surface area contributed by atoms with Gasteiger partial charge in [0, 0.05) is 12.4 Å². The Morgan fingerprint density at radius 3 is 2.29 bits per heavy atom. The fraction of sp³-hybridized carbons (Fsp3) is 0.400. The van der Waals surface area contributed by atoms with Gasteiger partial charge >= 0.3 is 0 Å². The van der Waals surface area contributed by atoms with Crippen LogP contribution < -0.4 is 0 Å². The summed E-state index contributed by atoms with van der Waals surface area (Å²) in [6, 6.07) is 0. The Bertz CT molecular complexity index is 337. The molecule has 0 saturated heterocycles. The number of hydrogen-bond donors (Lipinski definition) is 3. The van der Waals surface area contributed by atoms with Crippen LogP contribution in [0, 0.1) is 0 Å². The highest BCUT2D eigenvalue weighted by Crippen LogP contribution is 2.50. The van der Waals surface area contributed by atoms with Gasteiger partial charge in [-0.05, 0) is 0 Å². The van der Waals surface area contributed by atoms with Crippen LogP contribution in [0.5, 0.6) is 0 Å². The summed E-state index contributed by atoms with van der Waals surface area (Å²) in [6.07, 6.45) is 4.09. The van der Waals surface area contributed by atoms with E-state index in [-0.39, 0.29) is 0 Å². The molecule has 0 amide bonds. The number of nitrogens with zero attached hydrogens (tertiary/aromatic N) is 2. The van der Waals surface area contributed by atoms with Crippen molar-refractivity contribution in [2.75, 3.05) is 0 Å². The molecule has 0 radical (unpaired) electrons. The first kappa shape index (κ1) is 11.6. The van der Waals surface area contributed by atoms with Gasteiger partial charge in [-0.15, -0.1) is 0 Å². The van der Waals surface area contributed by atoms with Crippen molar-refractivity contribution in [1.29, 1.82) is 0 Å². The van der Waals surface area contributed by atoms with Crippen molar-refractivity contribution in [3.63, 3.8) is 0 Å². The molecular formula is C5H10N2O5P2. The Hall–Kier alpha value is -0.450. The quantitative estimate of drug-likeness (QED) is 0.609. The normalized spacial score (nSPS) is 19.9. The van der Waals surface area contributed by atoms with E-state index in [1.165, 1.54) is 23.3 Å². The Kier molecular flexibility index (Phi) is 3.64. The smallest absolute Gasteiger partial charge is 0.231 e. The lowest BCUT2D eigenvalue weighted by molar-refractivity contribution is 0.163. The number of rotatable bonds is 4. The highest BCUT2D eigenvalue weighted by atomic mass is 31.2. The largest absolute Gasteiger partial charge is 0.370 e. The van der Waals surface area contributed by atoms with Gasteiger partial charge in [-0.2, -0.15) is 0 Å². The zero-order valence-corrected chi connectivity index (χ0v) is 8.99. The average Bonchev–Trinajstić information content (AvgIpc) is 2.55. The molecule has 1 aromatic heterocycles. The van der Waals surface area contributed by atoms with Gasteiger partial charge in [-0.1, -0.05) is 0 Å². The number of aromatic nitrogens is 2. The predicted octanol–water partition coefficient (Wildman–Crippen LogP) is -0.537. The molecule has 0 saturated carbocycles. The number of aliphatic hydroxyl groups is 1. The fourth-order valence-electron chi connectivity index (χ4n) is 0.871. The summed E-state index contributed by atoms with van der Waals surface area (Å²) >= 11 is 0. The Labute approximate surface area is 80.8 Å². The monoisotopic (exact) mass is 240 g/mol. The average molecular weight is 240 g/mol. The molecule has 3 N–H and O–H groups in total. The van der Waals surface area contributed by atoms with Gasteiger partial charge < -0.3 is 19.5 Å². The van der Waals surface area contributed by atoms with Crippen LogP contribution in [0.25, 0.3) is 0 Å². The van der Waals surface area contributed by atoms with Gasteiger partial charge in [0.05, 0.1) is 12.9 Å². The summed E-state index contributed by atoms with van der Waals surface area (Å²) in [5, 5.41) is 7.01. The van der Waals surface area contributed by atoms with E-state index in [1.807, 2.05) is 0 Å². The van der Waals surface area contributed by atoms with Gasteiger partial charge in [-0.25, -0.2) is 4.98 Å². The van der Waals surface area contributed by atoms with E-state index in [2.05, 4.69) is 4.98 Å². The Balaban J connectivity index is 2.91. The van der Waals surface area contributed by atoms with Crippen LogP contribution in [0.1, 0.15) is 0 Å². The SMILES string of the molecule is O=[PH](O)C(O)(Cn1ccnc1)[PH](=O)O. The predicted molar refractivity (Wildman–Crippen MR) is 49.6 cm³/mol. The first-order valence-corrected chi connectivity index (χ1v) is 6.33. The third-order valence-corrected chi connectivity index (χ3v) is 4.69. The lowest BCUT2D eigenvalue weighted by Gasteiger charge is -2.21. The van der Waals surface area contributed by atoms with Crippen molar-refractivity contribution in [3.8, 4) is 0 Å². The topological polar surface area (TPSA) is 113 Å². The standard InChI is InChI=1S/C5H10N2O5P2/c8-5(13(9)10,14(11)12)3-7-2-1-6-4-7/h1-2,4,8,13-14H,3H2,(H,9,10)(H,11,12). The van der Waals surface area contributed by atoms with E-state index < -0.39 is 27.7 Å². The molecule has 1 heterocycles. The summed E-state index contributed by atoms with van der Waals surface area (Å²) in [5.41, 5.74) is 0. The lowest BCUT2D eigenvalue weighted by Crippen LogP contribution is -2.25. The second-order valence-electron chi connectivity index (χ2n) is 2.71. The Morgan fingerprint density at radius 1 is 1.36 bits per heavy atom. The third kappa shape index (κ3) is 2.32. The first-order chi connectivity index (χ1) is 6.47. The highest BCUT2D eigenvalue weighted by Gasteiger charge is 2.39. The summed E-state index contributed by atoms with van der Waals surface area (Å²) < 4.78 is 22.8. The molecule has 0 aliphatic rings. The van der Waals surface area contributed by atoms with Crippen molar-refractivity contribution in [2.24, 2.45) is 0 Å². The Morgan fingerprint density at radius 2 is 1.93 bits per heavy atom. The summed E-state index contributed by atoms with van der Waals surface area (Å²) in [6.45, 7) is -0.421. The third-order valence-electron chi connectivity index (χ3n) is 1.68. The van der Waals surface area contributed by atoms with Gasteiger partial charge in [0.25, 0.3) is 0 Å². The van der Waals surface area contributed by atoms with Crippen molar-refractivity contribution < 1.29 is 24.0 Å². The van der Waals surface area contributed by atoms with Crippen LogP contribution in [0.4, 0.5) is 0 Å². The molecule has 14 heavy (non-hydrogen) atoms. The van der Waals surface area contributed by atoms with E-state index in [1.54, 1.807) is 0 Å². The fourth-order valence-corrected chi connectivity index (χ4v) is 2.24. The van der Waals surface area contributed by atoms with Crippen molar-refractivity contribution in [3.05, 3.63) is 18.7 Å². The minimum absolute atomic E-state index is 0.421. The van der Waals surface area contributed by atoms with Crippen LogP contribution in [-0.2, 0) is 15.7 Å². The lowest BCUT2D eigenvalue weighted by atomic mass is 10.6. The second-order valence-corrected chi connectivity index (χ2v) is 6.08.